The molecule has 3 aromatic rings. The maximum atomic E-state index is 12.1. The molecular formula is C16H13Cl2N5OS. The van der Waals surface area contributed by atoms with Crippen molar-refractivity contribution in [3.05, 3.63) is 58.6 Å². The van der Waals surface area contributed by atoms with Crippen molar-refractivity contribution < 1.29 is 4.79 Å². The molecular weight excluding hydrogens is 381 g/mol. The van der Waals surface area contributed by atoms with Crippen LogP contribution in [0.3, 0.4) is 0 Å². The summed E-state index contributed by atoms with van der Waals surface area (Å²) in [6, 6.07) is 14.3. The number of nitrogen functional groups attached to an aromatic ring is 1. The Hall–Kier alpha value is -2.22. The van der Waals surface area contributed by atoms with Gasteiger partial charge >= 0.3 is 0 Å². The molecule has 0 aliphatic carbocycles. The highest BCUT2D eigenvalue weighted by Crippen LogP contribution is 2.26. The highest BCUT2D eigenvalue weighted by Gasteiger charge is 2.14. The first-order valence-corrected chi connectivity index (χ1v) is 8.92. The third-order valence-electron chi connectivity index (χ3n) is 3.23. The van der Waals surface area contributed by atoms with Crippen LogP contribution in [0.1, 0.15) is 0 Å². The number of carbonyl (C=O) groups is 1. The Balaban J connectivity index is 1.65. The van der Waals surface area contributed by atoms with Crippen molar-refractivity contribution in [2.24, 2.45) is 0 Å². The molecule has 0 aliphatic rings. The van der Waals surface area contributed by atoms with E-state index in [4.69, 9.17) is 29.0 Å². The van der Waals surface area contributed by atoms with Gasteiger partial charge in [0.2, 0.25) is 11.1 Å². The SMILES string of the molecule is Nn1c(SCC(=O)Nc2cc(Cl)ccc2Cl)nnc1-c1ccccc1. The number of carbonyl (C=O) groups excluding carboxylic acids is 1. The quantitative estimate of drug-likeness (QED) is 0.509. The number of nitrogens with two attached hydrogens (primary N) is 1. The highest BCUT2D eigenvalue weighted by atomic mass is 35.5. The summed E-state index contributed by atoms with van der Waals surface area (Å²) in [5.41, 5.74) is 1.30. The predicted molar refractivity (Wildman–Crippen MR) is 101 cm³/mol. The molecule has 1 heterocycles. The van der Waals surface area contributed by atoms with Crippen molar-refractivity contribution in [2.75, 3.05) is 16.9 Å². The van der Waals surface area contributed by atoms with Gasteiger partial charge < -0.3 is 11.2 Å². The lowest BCUT2D eigenvalue weighted by Crippen LogP contribution is -2.16. The molecule has 0 unspecified atom stereocenters. The van der Waals surface area contributed by atoms with E-state index in [-0.39, 0.29) is 11.7 Å². The molecule has 3 rings (SSSR count). The number of anilines is 1. The van der Waals surface area contributed by atoms with Crippen molar-refractivity contribution in [1.29, 1.82) is 0 Å². The van der Waals surface area contributed by atoms with E-state index in [0.717, 1.165) is 5.56 Å². The van der Waals surface area contributed by atoms with Gasteiger partial charge in [-0.15, -0.1) is 10.2 Å². The Kier molecular flexibility index (Phi) is 5.47. The molecule has 0 spiro atoms. The molecule has 0 aliphatic heterocycles. The Morgan fingerprint density at radius 3 is 2.68 bits per heavy atom. The summed E-state index contributed by atoms with van der Waals surface area (Å²) >= 11 is 13.1. The smallest absolute Gasteiger partial charge is 0.234 e. The Bertz CT molecular complexity index is 901. The second-order valence-corrected chi connectivity index (χ2v) is 6.79. The number of hydrogen-bond acceptors (Lipinski definition) is 5. The number of nitrogens with one attached hydrogen (secondary N) is 1. The molecule has 0 atom stereocenters. The van der Waals surface area contributed by atoms with Crippen LogP contribution in [-0.4, -0.2) is 26.5 Å². The second kappa shape index (κ2) is 7.77. The van der Waals surface area contributed by atoms with Crippen LogP contribution in [0.5, 0.6) is 0 Å². The summed E-state index contributed by atoms with van der Waals surface area (Å²) in [6.07, 6.45) is 0. The number of amides is 1. The van der Waals surface area contributed by atoms with Crippen molar-refractivity contribution >= 4 is 46.6 Å². The van der Waals surface area contributed by atoms with Crippen LogP contribution in [-0.2, 0) is 4.79 Å². The van der Waals surface area contributed by atoms with Gasteiger partial charge in [0, 0.05) is 10.6 Å². The summed E-state index contributed by atoms with van der Waals surface area (Å²) in [6.45, 7) is 0. The lowest BCUT2D eigenvalue weighted by molar-refractivity contribution is -0.113. The van der Waals surface area contributed by atoms with E-state index in [1.165, 1.54) is 16.4 Å². The minimum atomic E-state index is -0.251. The fourth-order valence-corrected chi connectivity index (χ4v) is 3.06. The first-order valence-electron chi connectivity index (χ1n) is 7.18. The zero-order chi connectivity index (χ0) is 17.8. The zero-order valence-corrected chi connectivity index (χ0v) is 15.1. The summed E-state index contributed by atoms with van der Waals surface area (Å²) in [5, 5.41) is 12.1. The van der Waals surface area contributed by atoms with E-state index in [0.29, 0.717) is 26.7 Å². The number of hydrogen-bond donors (Lipinski definition) is 2. The first-order chi connectivity index (χ1) is 12.0. The molecule has 0 bridgehead atoms. The predicted octanol–water partition coefficient (Wildman–Crippen LogP) is 3.70. The minimum Gasteiger partial charge on any atom is -0.335 e. The average molecular weight is 394 g/mol. The number of thioether (sulfide) groups is 1. The van der Waals surface area contributed by atoms with Gasteiger partial charge in [-0.1, -0.05) is 65.3 Å². The maximum absolute atomic E-state index is 12.1. The lowest BCUT2D eigenvalue weighted by atomic mass is 10.2. The van der Waals surface area contributed by atoms with Gasteiger partial charge in [-0.05, 0) is 18.2 Å². The molecule has 1 amide bonds. The average Bonchev–Trinajstić information content (AvgIpc) is 2.98. The molecule has 0 fully saturated rings. The second-order valence-electron chi connectivity index (χ2n) is 5.00. The molecule has 1 aromatic heterocycles. The Morgan fingerprint density at radius 1 is 1.16 bits per heavy atom. The first kappa shape index (κ1) is 17.6. The largest absolute Gasteiger partial charge is 0.335 e. The van der Waals surface area contributed by atoms with Crippen molar-refractivity contribution in [1.82, 2.24) is 14.9 Å². The van der Waals surface area contributed by atoms with Crippen LogP contribution in [0.25, 0.3) is 11.4 Å². The van der Waals surface area contributed by atoms with Gasteiger partial charge in [0.1, 0.15) is 0 Å². The molecule has 25 heavy (non-hydrogen) atoms. The van der Waals surface area contributed by atoms with E-state index in [1.54, 1.807) is 18.2 Å². The van der Waals surface area contributed by atoms with E-state index in [9.17, 15) is 4.79 Å². The topological polar surface area (TPSA) is 85.8 Å². The molecule has 6 nitrogen and oxygen atoms in total. The zero-order valence-electron chi connectivity index (χ0n) is 12.8. The molecule has 9 heteroatoms. The molecule has 0 saturated heterocycles. The highest BCUT2D eigenvalue weighted by molar-refractivity contribution is 7.99. The van der Waals surface area contributed by atoms with Crippen LogP contribution < -0.4 is 11.2 Å². The molecule has 128 valence electrons. The summed E-state index contributed by atoms with van der Waals surface area (Å²) in [5.74, 6) is 6.40. The van der Waals surface area contributed by atoms with Crippen LogP contribution in [0, 0.1) is 0 Å². The maximum Gasteiger partial charge on any atom is 0.234 e. The number of rotatable bonds is 5. The summed E-state index contributed by atoms with van der Waals surface area (Å²) in [7, 11) is 0. The number of aromatic nitrogens is 3. The van der Waals surface area contributed by atoms with Crippen molar-refractivity contribution in [3.63, 3.8) is 0 Å². The third kappa shape index (κ3) is 4.25. The van der Waals surface area contributed by atoms with Gasteiger partial charge in [-0.2, -0.15) is 0 Å². The third-order valence-corrected chi connectivity index (χ3v) is 4.74. The van der Waals surface area contributed by atoms with Crippen LogP contribution in [0.4, 0.5) is 5.69 Å². The fraction of sp³-hybridized carbons (Fsp3) is 0.0625. The van der Waals surface area contributed by atoms with E-state index in [2.05, 4.69) is 15.5 Å². The summed E-state index contributed by atoms with van der Waals surface area (Å²) in [4.78, 5) is 12.1. The normalized spacial score (nSPS) is 10.6. The summed E-state index contributed by atoms with van der Waals surface area (Å²) < 4.78 is 1.36. The number of benzene rings is 2. The fourth-order valence-electron chi connectivity index (χ4n) is 2.07. The van der Waals surface area contributed by atoms with Crippen molar-refractivity contribution in [3.8, 4) is 11.4 Å². The van der Waals surface area contributed by atoms with Crippen LogP contribution >= 0.6 is 35.0 Å². The molecule has 3 N–H and O–H groups in total. The van der Waals surface area contributed by atoms with Crippen LogP contribution in [0.2, 0.25) is 10.0 Å². The standard InChI is InChI=1S/C16H13Cl2N5OS/c17-11-6-7-12(18)13(8-11)20-14(24)9-25-16-22-21-15(23(16)19)10-4-2-1-3-5-10/h1-8H,9,19H2,(H,20,24). The van der Waals surface area contributed by atoms with Crippen molar-refractivity contribution in [2.45, 2.75) is 5.16 Å². The van der Waals surface area contributed by atoms with Gasteiger partial charge in [0.05, 0.1) is 16.5 Å². The lowest BCUT2D eigenvalue weighted by Gasteiger charge is -2.07. The molecule has 0 radical (unpaired) electrons. The van der Waals surface area contributed by atoms with E-state index >= 15 is 0 Å². The Morgan fingerprint density at radius 2 is 1.92 bits per heavy atom. The minimum absolute atomic E-state index is 0.104. The van der Waals surface area contributed by atoms with Gasteiger partial charge in [0.25, 0.3) is 0 Å². The molecule has 0 saturated carbocycles. The van der Waals surface area contributed by atoms with Crippen LogP contribution in [0.15, 0.2) is 53.7 Å². The van der Waals surface area contributed by atoms with E-state index < -0.39 is 0 Å². The monoisotopic (exact) mass is 393 g/mol. The number of halogens is 2. The van der Waals surface area contributed by atoms with Gasteiger partial charge in [-0.3, -0.25) is 4.79 Å². The van der Waals surface area contributed by atoms with E-state index in [1.807, 2.05) is 30.3 Å². The van der Waals surface area contributed by atoms with Gasteiger partial charge in [0.15, 0.2) is 5.82 Å². The molecule has 2 aromatic carbocycles. The van der Waals surface area contributed by atoms with Gasteiger partial charge in [-0.25, -0.2) is 4.68 Å². The number of nitrogens with zero attached hydrogens (tertiary/aromatic N) is 3. The Labute approximate surface area is 158 Å².